The predicted molar refractivity (Wildman–Crippen MR) is 76.9 cm³/mol. The van der Waals surface area contributed by atoms with Crippen LogP contribution >= 0.6 is 0 Å². The lowest BCUT2D eigenvalue weighted by Gasteiger charge is -2.31. The highest BCUT2D eigenvalue weighted by atomic mass is 32.2. The first-order chi connectivity index (χ1) is 10.2. The minimum Gasteiger partial charge on any atom is -0.319 e. The fourth-order valence-electron chi connectivity index (χ4n) is 2.67. The third kappa shape index (κ3) is 3.80. The fraction of sp³-hybridized carbons (Fsp3) is 0.571. The molecule has 1 saturated heterocycles. The van der Waals surface area contributed by atoms with E-state index in [0.717, 1.165) is 43.7 Å². The van der Waals surface area contributed by atoms with Crippen molar-refractivity contribution in [2.45, 2.75) is 23.9 Å². The lowest BCUT2D eigenvalue weighted by Crippen LogP contribution is -2.42. The predicted octanol–water partition coefficient (Wildman–Crippen LogP) is 2.33. The second-order valence-corrected chi connectivity index (χ2v) is 7.39. The molecule has 1 aliphatic rings. The molecule has 0 bridgehead atoms. The maximum Gasteiger partial charge on any atom is 0.416 e. The molecule has 1 unspecified atom stereocenters. The van der Waals surface area contributed by atoms with E-state index < -0.39 is 21.8 Å². The van der Waals surface area contributed by atoms with Gasteiger partial charge in [0.05, 0.1) is 10.5 Å². The topological polar surface area (TPSA) is 49.4 Å². The van der Waals surface area contributed by atoms with Crippen molar-refractivity contribution in [1.82, 2.24) is 9.62 Å². The van der Waals surface area contributed by atoms with Crippen molar-refractivity contribution in [2.75, 3.05) is 26.7 Å². The van der Waals surface area contributed by atoms with Gasteiger partial charge in [-0.05, 0) is 56.6 Å². The van der Waals surface area contributed by atoms with Crippen LogP contribution in [0.2, 0.25) is 0 Å². The summed E-state index contributed by atoms with van der Waals surface area (Å²) in [6.45, 7) is 1.52. The molecule has 124 valence electrons. The summed E-state index contributed by atoms with van der Waals surface area (Å²) in [4.78, 5) is -0.0920. The number of nitrogens with zero attached hydrogens (tertiary/aromatic N) is 1. The van der Waals surface area contributed by atoms with Crippen molar-refractivity contribution in [3.63, 3.8) is 0 Å². The van der Waals surface area contributed by atoms with Gasteiger partial charge in [0.2, 0.25) is 10.0 Å². The van der Waals surface area contributed by atoms with E-state index in [2.05, 4.69) is 5.32 Å². The Bertz CT molecular complexity index is 598. The minimum absolute atomic E-state index is 0.0920. The second-order valence-electron chi connectivity index (χ2n) is 5.45. The molecule has 1 N–H and O–H groups in total. The van der Waals surface area contributed by atoms with E-state index >= 15 is 0 Å². The Morgan fingerprint density at radius 1 is 1.27 bits per heavy atom. The van der Waals surface area contributed by atoms with Crippen LogP contribution in [-0.4, -0.2) is 39.4 Å². The van der Waals surface area contributed by atoms with E-state index in [1.165, 1.54) is 4.31 Å². The number of sulfonamides is 1. The molecule has 22 heavy (non-hydrogen) atoms. The molecule has 0 radical (unpaired) electrons. The first-order valence-electron chi connectivity index (χ1n) is 7.07. The molecule has 0 aromatic heterocycles. The van der Waals surface area contributed by atoms with Crippen molar-refractivity contribution in [3.8, 4) is 0 Å². The van der Waals surface area contributed by atoms with Crippen LogP contribution in [0.15, 0.2) is 29.2 Å². The molecule has 1 aromatic carbocycles. The molecule has 8 heteroatoms. The second kappa shape index (κ2) is 6.55. The number of halogens is 3. The average Bonchev–Trinajstić information content (AvgIpc) is 2.47. The van der Waals surface area contributed by atoms with Crippen LogP contribution in [0, 0.1) is 5.92 Å². The van der Waals surface area contributed by atoms with Crippen LogP contribution < -0.4 is 5.32 Å². The Kier molecular flexibility index (Phi) is 5.14. The summed E-state index contributed by atoms with van der Waals surface area (Å²) < 4.78 is 64.0. The van der Waals surface area contributed by atoms with Gasteiger partial charge in [0.1, 0.15) is 0 Å². The van der Waals surface area contributed by atoms with Crippen molar-refractivity contribution in [1.29, 1.82) is 0 Å². The molecular weight excluding hydrogens is 317 g/mol. The van der Waals surface area contributed by atoms with E-state index in [1.54, 1.807) is 0 Å². The first-order valence-corrected chi connectivity index (χ1v) is 8.51. The number of benzene rings is 1. The Hall–Kier alpha value is -1.12. The van der Waals surface area contributed by atoms with Crippen LogP contribution in [0.3, 0.4) is 0 Å². The van der Waals surface area contributed by atoms with Gasteiger partial charge in [0.25, 0.3) is 0 Å². The van der Waals surface area contributed by atoms with Crippen LogP contribution in [-0.2, 0) is 16.2 Å². The smallest absolute Gasteiger partial charge is 0.319 e. The average molecular weight is 336 g/mol. The van der Waals surface area contributed by atoms with Gasteiger partial charge >= 0.3 is 6.18 Å². The van der Waals surface area contributed by atoms with Crippen LogP contribution in [0.5, 0.6) is 0 Å². The van der Waals surface area contributed by atoms with Gasteiger partial charge in [-0.3, -0.25) is 0 Å². The largest absolute Gasteiger partial charge is 0.416 e. The number of hydrogen-bond acceptors (Lipinski definition) is 3. The zero-order valence-corrected chi connectivity index (χ0v) is 13.0. The molecule has 1 aromatic rings. The van der Waals surface area contributed by atoms with E-state index in [1.807, 2.05) is 7.05 Å². The SMILES string of the molecule is CNCC1CCCN(S(=O)(=O)c2ccc(C(F)(F)F)cc2)C1. The molecule has 1 heterocycles. The molecule has 1 atom stereocenters. The summed E-state index contributed by atoms with van der Waals surface area (Å²) in [5.74, 6) is 0.225. The molecule has 4 nitrogen and oxygen atoms in total. The molecule has 0 saturated carbocycles. The summed E-state index contributed by atoms with van der Waals surface area (Å²) in [6, 6.07) is 3.67. The summed E-state index contributed by atoms with van der Waals surface area (Å²) in [5.41, 5.74) is -0.849. The molecular formula is C14H19F3N2O2S. The highest BCUT2D eigenvalue weighted by Gasteiger charge is 2.33. The zero-order valence-electron chi connectivity index (χ0n) is 12.2. The Morgan fingerprint density at radius 2 is 1.91 bits per heavy atom. The molecule has 1 fully saturated rings. The molecule has 1 aliphatic heterocycles. The Balaban J connectivity index is 2.19. The summed E-state index contributed by atoms with van der Waals surface area (Å²) >= 11 is 0. The third-order valence-electron chi connectivity index (χ3n) is 3.79. The maximum absolute atomic E-state index is 12.5. The number of rotatable bonds is 4. The molecule has 0 aliphatic carbocycles. The van der Waals surface area contributed by atoms with Crippen molar-refractivity contribution >= 4 is 10.0 Å². The van der Waals surface area contributed by atoms with E-state index in [4.69, 9.17) is 0 Å². The van der Waals surface area contributed by atoms with Gasteiger partial charge in [0.15, 0.2) is 0 Å². The van der Waals surface area contributed by atoms with Gasteiger partial charge in [-0.25, -0.2) is 8.42 Å². The van der Waals surface area contributed by atoms with Crippen molar-refractivity contribution in [3.05, 3.63) is 29.8 Å². The van der Waals surface area contributed by atoms with Gasteiger partial charge < -0.3 is 5.32 Å². The highest BCUT2D eigenvalue weighted by molar-refractivity contribution is 7.89. The van der Waals surface area contributed by atoms with Crippen LogP contribution in [0.25, 0.3) is 0 Å². The number of alkyl halides is 3. The zero-order chi connectivity index (χ0) is 16.4. The molecule has 0 spiro atoms. The quantitative estimate of drug-likeness (QED) is 0.918. The fourth-order valence-corrected chi connectivity index (χ4v) is 4.22. The summed E-state index contributed by atoms with van der Waals surface area (Å²) in [5, 5.41) is 3.03. The molecule has 0 amide bonds. The standard InChI is InChI=1S/C14H19F3N2O2S/c1-18-9-11-3-2-8-19(10-11)22(20,21)13-6-4-12(5-7-13)14(15,16)17/h4-7,11,18H,2-3,8-10H2,1H3. The van der Waals surface area contributed by atoms with Gasteiger partial charge in [0, 0.05) is 13.1 Å². The molecule has 2 rings (SSSR count). The first kappa shape index (κ1) is 17.2. The highest BCUT2D eigenvalue weighted by Crippen LogP contribution is 2.30. The third-order valence-corrected chi connectivity index (χ3v) is 5.67. The van der Waals surface area contributed by atoms with Crippen molar-refractivity contribution < 1.29 is 21.6 Å². The van der Waals surface area contributed by atoms with Crippen LogP contribution in [0.4, 0.5) is 13.2 Å². The number of piperidine rings is 1. The van der Waals surface area contributed by atoms with E-state index in [-0.39, 0.29) is 10.8 Å². The Labute approximate surface area is 128 Å². The number of nitrogens with one attached hydrogen (secondary N) is 1. The van der Waals surface area contributed by atoms with Crippen LogP contribution in [0.1, 0.15) is 18.4 Å². The summed E-state index contributed by atoms with van der Waals surface area (Å²) in [6.07, 6.45) is -2.77. The normalized spacial score (nSPS) is 21.0. The monoisotopic (exact) mass is 336 g/mol. The lowest BCUT2D eigenvalue weighted by atomic mass is 10.00. The minimum atomic E-state index is -4.47. The Morgan fingerprint density at radius 3 is 2.45 bits per heavy atom. The lowest BCUT2D eigenvalue weighted by molar-refractivity contribution is -0.137. The maximum atomic E-state index is 12.5. The van der Waals surface area contributed by atoms with Crippen molar-refractivity contribution in [2.24, 2.45) is 5.92 Å². The number of hydrogen-bond donors (Lipinski definition) is 1. The van der Waals surface area contributed by atoms with Gasteiger partial charge in [-0.2, -0.15) is 17.5 Å². The van der Waals surface area contributed by atoms with Gasteiger partial charge in [-0.1, -0.05) is 0 Å². The van der Waals surface area contributed by atoms with E-state index in [0.29, 0.717) is 13.1 Å². The van der Waals surface area contributed by atoms with Gasteiger partial charge in [-0.15, -0.1) is 0 Å². The summed E-state index contributed by atoms with van der Waals surface area (Å²) in [7, 11) is -1.93. The van der Waals surface area contributed by atoms with E-state index in [9.17, 15) is 21.6 Å².